The van der Waals surface area contributed by atoms with Crippen molar-refractivity contribution in [2.45, 2.75) is 13.0 Å². The summed E-state index contributed by atoms with van der Waals surface area (Å²) >= 11 is 1.46. The molecule has 4 heterocycles. The Kier molecular flexibility index (Phi) is 3.81. The quantitative estimate of drug-likeness (QED) is 0.789. The van der Waals surface area contributed by atoms with Crippen LogP contribution in [-0.2, 0) is 6.54 Å². The number of nitrogens with zero attached hydrogens (tertiary/aromatic N) is 4. The molecule has 0 spiro atoms. The first-order valence-corrected chi connectivity index (χ1v) is 8.46. The van der Waals surface area contributed by atoms with Gasteiger partial charge in [-0.05, 0) is 29.5 Å². The third kappa shape index (κ3) is 2.80. The predicted molar refractivity (Wildman–Crippen MR) is 89.5 cm³/mol. The highest BCUT2D eigenvalue weighted by molar-refractivity contribution is 7.17. The van der Waals surface area contributed by atoms with Gasteiger partial charge in [-0.15, -0.1) is 11.3 Å². The van der Waals surface area contributed by atoms with E-state index in [1.54, 1.807) is 11.1 Å². The fraction of sp³-hybridized carbons (Fsp3) is 0.250. The summed E-state index contributed by atoms with van der Waals surface area (Å²) in [4.78, 5) is 27.0. The summed E-state index contributed by atoms with van der Waals surface area (Å²) in [5.41, 5.74) is 1.84. The van der Waals surface area contributed by atoms with Gasteiger partial charge in [-0.25, -0.2) is 14.4 Å². The van der Waals surface area contributed by atoms with Crippen molar-refractivity contribution in [3.63, 3.8) is 0 Å². The first-order chi connectivity index (χ1) is 11.7. The number of aromatic nitrogens is 3. The molecule has 0 unspecified atom stereocenters. The Labute approximate surface area is 141 Å². The molecule has 0 bridgehead atoms. The van der Waals surface area contributed by atoms with Gasteiger partial charge in [-0.2, -0.15) is 0 Å². The van der Waals surface area contributed by atoms with Gasteiger partial charge in [0.05, 0.1) is 16.4 Å². The minimum Gasteiger partial charge on any atom is -0.350 e. The molecule has 1 fully saturated rings. The van der Waals surface area contributed by atoms with Crippen molar-refractivity contribution in [2.24, 2.45) is 0 Å². The van der Waals surface area contributed by atoms with E-state index in [2.05, 4.69) is 20.3 Å². The molecule has 3 aromatic heterocycles. The Morgan fingerprint density at radius 2 is 2.21 bits per heavy atom. The number of pyridine rings is 1. The van der Waals surface area contributed by atoms with Crippen molar-refractivity contribution < 1.29 is 9.18 Å². The van der Waals surface area contributed by atoms with Gasteiger partial charge < -0.3 is 10.2 Å². The van der Waals surface area contributed by atoms with Gasteiger partial charge in [0.25, 0.3) is 5.91 Å². The van der Waals surface area contributed by atoms with Crippen molar-refractivity contribution in [1.82, 2.24) is 19.9 Å². The van der Waals surface area contributed by atoms with Crippen LogP contribution in [0.2, 0.25) is 0 Å². The number of hydrogen-bond donors (Lipinski definition) is 1. The first kappa shape index (κ1) is 14.9. The average Bonchev–Trinajstić information content (AvgIpc) is 2.99. The van der Waals surface area contributed by atoms with Crippen LogP contribution < -0.4 is 5.32 Å². The van der Waals surface area contributed by atoms with E-state index in [0.29, 0.717) is 23.8 Å². The number of rotatable bonds is 4. The van der Waals surface area contributed by atoms with E-state index < -0.39 is 5.82 Å². The number of thiophene rings is 1. The number of anilines is 1. The standard InChI is InChI=1S/C16H14FN5OS/c17-11-6-10(7-18-9-11)8-19-16-20-12-2-5-24-14(12)13(21-16)15(23)22-3-1-4-22/h2,5-7,9H,1,3-4,8H2,(H,19,20,21). The molecule has 122 valence electrons. The average molecular weight is 343 g/mol. The van der Waals surface area contributed by atoms with Crippen LogP contribution in [0.25, 0.3) is 10.2 Å². The van der Waals surface area contributed by atoms with E-state index in [0.717, 1.165) is 35.9 Å². The van der Waals surface area contributed by atoms with Crippen LogP contribution >= 0.6 is 11.3 Å². The van der Waals surface area contributed by atoms with Crippen molar-refractivity contribution in [3.05, 3.63) is 47.0 Å². The molecule has 1 aliphatic rings. The molecule has 0 radical (unpaired) electrons. The molecular weight excluding hydrogens is 329 g/mol. The summed E-state index contributed by atoms with van der Waals surface area (Å²) in [6.45, 7) is 1.87. The van der Waals surface area contributed by atoms with Crippen molar-refractivity contribution in [2.75, 3.05) is 18.4 Å². The fourth-order valence-corrected chi connectivity index (χ4v) is 3.30. The Hall–Kier alpha value is -2.61. The molecule has 8 heteroatoms. The van der Waals surface area contributed by atoms with Gasteiger partial charge in [-0.1, -0.05) is 0 Å². The Bertz CT molecular complexity index is 908. The van der Waals surface area contributed by atoms with Gasteiger partial charge in [-0.3, -0.25) is 9.78 Å². The van der Waals surface area contributed by atoms with Gasteiger partial charge in [0.15, 0.2) is 5.69 Å². The van der Waals surface area contributed by atoms with Crippen LogP contribution in [-0.4, -0.2) is 38.8 Å². The van der Waals surface area contributed by atoms with E-state index >= 15 is 0 Å². The molecule has 1 saturated heterocycles. The molecule has 0 saturated carbocycles. The van der Waals surface area contributed by atoms with E-state index in [4.69, 9.17) is 0 Å². The van der Waals surface area contributed by atoms with Gasteiger partial charge >= 0.3 is 0 Å². The zero-order valence-electron chi connectivity index (χ0n) is 12.7. The second-order valence-corrected chi connectivity index (χ2v) is 6.46. The SMILES string of the molecule is O=C(c1nc(NCc2cncc(F)c2)nc2ccsc12)N1CCC1. The van der Waals surface area contributed by atoms with E-state index in [1.807, 2.05) is 11.4 Å². The Morgan fingerprint density at radius 1 is 1.33 bits per heavy atom. The summed E-state index contributed by atoms with van der Waals surface area (Å²) in [6, 6.07) is 3.26. The summed E-state index contributed by atoms with van der Waals surface area (Å²) in [5.74, 6) is -0.0993. The number of hydrogen-bond acceptors (Lipinski definition) is 6. The molecule has 3 aromatic rings. The highest BCUT2D eigenvalue weighted by Crippen LogP contribution is 2.26. The fourth-order valence-electron chi connectivity index (χ4n) is 2.49. The van der Waals surface area contributed by atoms with Gasteiger partial charge in [0.2, 0.25) is 5.95 Å². The number of likely N-dealkylation sites (tertiary alicyclic amines) is 1. The number of nitrogens with one attached hydrogen (secondary N) is 1. The van der Waals surface area contributed by atoms with Gasteiger partial charge in [0.1, 0.15) is 5.82 Å². The minimum absolute atomic E-state index is 0.0634. The molecule has 0 aliphatic carbocycles. The zero-order chi connectivity index (χ0) is 16.5. The second-order valence-electron chi connectivity index (χ2n) is 5.54. The van der Waals surface area contributed by atoms with Crippen LogP contribution in [0.3, 0.4) is 0 Å². The van der Waals surface area contributed by atoms with Crippen LogP contribution in [0.5, 0.6) is 0 Å². The first-order valence-electron chi connectivity index (χ1n) is 7.58. The number of carbonyl (C=O) groups excluding carboxylic acids is 1. The summed E-state index contributed by atoms with van der Waals surface area (Å²) in [6.07, 6.45) is 3.76. The third-order valence-electron chi connectivity index (χ3n) is 3.86. The van der Waals surface area contributed by atoms with E-state index in [-0.39, 0.29) is 5.91 Å². The number of fused-ring (bicyclic) bond motifs is 1. The lowest BCUT2D eigenvalue weighted by atomic mass is 10.2. The number of carbonyl (C=O) groups is 1. The largest absolute Gasteiger partial charge is 0.350 e. The number of halogens is 1. The molecular formula is C16H14FN5OS. The zero-order valence-corrected chi connectivity index (χ0v) is 13.5. The van der Waals surface area contributed by atoms with Crippen LogP contribution in [0, 0.1) is 5.82 Å². The van der Waals surface area contributed by atoms with Crippen molar-refractivity contribution in [1.29, 1.82) is 0 Å². The second kappa shape index (κ2) is 6.12. The summed E-state index contributed by atoms with van der Waals surface area (Å²) in [5, 5.41) is 4.94. The number of amides is 1. The highest BCUT2D eigenvalue weighted by Gasteiger charge is 2.25. The maximum atomic E-state index is 13.2. The lowest BCUT2D eigenvalue weighted by Crippen LogP contribution is -2.42. The van der Waals surface area contributed by atoms with Crippen molar-refractivity contribution in [3.8, 4) is 0 Å². The predicted octanol–water partition coefficient (Wildman–Crippen LogP) is 2.68. The normalized spacial score (nSPS) is 13.8. The highest BCUT2D eigenvalue weighted by atomic mass is 32.1. The van der Waals surface area contributed by atoms with Crippen LogP contribution in [0.15, 0.2) is 29.9 Å². The molecule has 1 amide bonds. The molecule has 6 nitrogen and oxygen atoms in total. The maximum absolute atomic E-state index is 13.2. The summed E-state index contributed by atoms with van der Waals surface area (Å²) in [7, 11) is 0. The van der Waals surface area contributed by atoms with Gasteiger partial charge in [0, 0.05) is 25.8 Å². The van der Waals surface area contributed by atoms with Crippen LogP contribution in [0.1, 0.15) is 22.5 Å². The minimum atomic E-state index is -0.392. The van der Waals surface area contributed by atoms with Crippen molar-refractivity contribution >= 4 is 33.4 Å². The lowest BCUT2D eigenvalue weighted by Gasteiger charge is -2.30. The Balaban J connectivity index is 1.62. The lowest BCUT2D eigenvalue weighted by molar-refractivity contribution is 0.0648. The molecule has 4 rings (SSSR count). The molecule has 1 aliphatic heterocycles. The molecule has 24 heavy (non-hydrogen) atoms. The molecule has 0 aromatic carbocycles. The Morgan fingerprint density at radius 3 is 2.96 bits per heavy atom. The monoisotopic (exact) mass is 343 g/mol. The molecule has 1 N–H and O–H groups in total. The van der Waals surface area contributed by atoms with Crippen LogP contribution in [0.4, 0.5) is 10.3 Å². The van der Waals surface area contributed by atoms with E-state index in [1.165, 1.54) is 17.4 Å². The molecule has 0 atom stereocenters. The maximum Gasteiger partial charge on any atom is 0.274 e. The third-order valence-corrected chi connectivity index (χ3v) is 4.77. The van der Waals surface area contributed by atoms with E-state index in [9.17, 15) is 9.18 Å². The summed E-state index contributed by atoms with van der Waals surface area (Å²) < 4.78 is 14.0. The topological polar surface area (TPSA) is 71.0 Å². The smallest absolute Gasteiger partial charge is 0.274 e.